The van der Waals surface area contributed by atoms with Crippen molar-refractivity contribution < 1.29 is 9.53 Å². The van der Waals surface area contributed by atoms with Gasteiger partial charge in [-0.1, -0.05) is 24.4 Å². The van der Waals surface area contributed by atoms with Crippen molar-refractivity contribution in [1.82, 2.24) is 10.3 Å². The summed E-state index contributed by atoms with van der Waals surface area (Å²) in [6.07, 6.45) is 1.69. The number of rotatable bonds is 6. The van der Waals surface area contributed by atoms with E-state index in [1.807, 2.05) is 6.92 Å². The number of carbonyl (C=O) groups is 1. The Balaban J connectivity index is 2.33. The molecule has 0 aliphatic rings. The van der Waals surface area contributed by atoms with Crippen LogP contribution in [0, 0.1) is 4.64 Å². The second-order valence-corrected chi connectivity index (χ2v) is 4.09. The lowest BCUT2D eigenvalue weighted by molar-refractivity contribution is 0.0926. The fourth-order valence-electron chi connectivity index (χ4n) is 1.18. The molecule has 0 atom stereocenters. The zero-order valence-corrected chi connectivity index (χ0v) is 10.6. The van der Waals surface area contributed by atoms with Crippen LogP contribution < -0.4 is 5.32 Å². The molecule has 1 aromatic heterocycles. The highest BCUT2D eigenvalue weighted by atomic mass is 32.1. The van der Waals surface area contributed by atoms with Crippen LogP contribution in [0.4, 0.5) is 0 Å². The van der Waals surface area contributed by atoms with Gasteiger partial charge in [0.05, 0.1) is 18.8 Å². The maximum absolute atomic E-state index is 11.7. The Morgan fingerprint density at radius 1 is 1.65 bits per heavy atom. The number of aromatic nitrogens is 1. The Kier molecular flexibility index (Phi) is 5.59. The maximum atomic E-state index is 11.7. The zero-order valence-electron chi connectivity index (χ0n) is 9.79. The fourth-order valence-corrected chi connectivity index (χ4v) is 1.41. The first-order valence-electron chi connectivity index (χ1n) is 5.29. The number of hydrogen-bond acceptors (Lipinski definition) is 3. The molecule has 0 spiro atoms. The van der Waals surface area contributed by atoms with Gasteiger partial charge < -0.3 is 15.0 Å². The van der Waals surface area contributed by atoms with Gasteiger partial charge in [-0.2, -0.15) is 0 Å². The smallest absolute Gasteiger partial charge is 0.254 e. The largest absolute Gasteiger partial charge is 0.375 e. The molecule has 0 saturated carbocycles. The standard InChI is InChI=1S/C12H16N2O2S/c1-9(2)8-16-7-6-13-11(15)10-4-3-5-14-12(10)17/h3-5H,1,6-8H2,2H3,(H,13,15)(H,14,17). The van der Waals surface area contributed by atoms with Gasteiger partial charge in [-0.05, 0) is 19.1 Å². The first-order chi connectivity index (χ1) is 8.11. The first-order valence-corrected chi connectivity index (χ1v) is 5.70. The molecule has 1 rings (SSSR count). The van der Waals surface area contributed by atoms with Crippen molar-refractivity contribution in [3.63, 3.8) is 0 Å². The molecule has 2 N–H and O–H groups in total. The van der Waals surface area contributed by atoms with Gasteiger partial charge in [0.15, 0.2) is 0 Å². The summed E-state index contributed by atoms with van der Waals surface area (Å²) >= 11 is 5.00. The van der Waals surface area contributed by atoms with Gasteiger partial charge in [0.2, 0.25) is 0 Å². The molecule has 17 heavy (non-hydrogen) atoms. The number of pyridine rings is 1. The van der Waals surface area contributed by atoms with Gasteiger partial charge in [0.25, 0.3) is 5.91 Å². The molecule has 0 aromatic carbocycles. The summed E-state index contributed by atoms with van der Waals surface area (Å²) in [7, 11) is 0. The number of aromatic amines is 1. The van der Waals surface area contributed by atoms with Crippen LogP contribution in [0.25, 0.3) is 0 Å². The van der Waals surface area contributed by atoms with Gasteiger partial charge >= 0.3 is 0 Å². The Morgan fingerprint density at radius 3 is 3.06 bits per heavy atom. The zero-order chi connectivity index (χ0) is 12.7. The van der Waals surface area contributed by atoms with E-state index in [0.717, 1.165) is 5.57 Å². The van der Waals surface area contributed by atoms with Gasteiger partial charge in [0.1, 0.15) is 4.64 Å². The Hall–Kier alpha value is -1.46. The second-order valence-electron chi connectivity index (χ2n) is 3.68. The summed E-state index contributed by atoms with van der Waals surface area (Å²) in [6.45, 7) is 7.04. The van der Waals surface area contributed by atoms with Crippen molar-refractivity contribution in [1.29, 1.82) is 0 Å². The summed E-state index contributed by atoms with van der Waals surface area (Å²) in [6, 6.07) is 3.42. The summed E-state index contributed by atoms with van der Waals surface area (Å²) in [5, 5.41) is 2.73. The van der Waals surface area contributed by atoms with Crippen LogP contribution >= 0.6 is 12.2 Å². The molecule has 4 nitrogen and oxygen atoms in total. The summed E-state index contributed by atoms with van der Waals surface area (Å²) in [5.41, 5.74) is 1.43. The lowest BCUT2D eigenvalue weighted by atomic mass is 10.3. The Labute approximate surface area is 106 Å². The highest BCUT2D eigenvalue weighted by Gasteiger charge is 2.05. The lowest BCUT2D eigenvalue weighted by Gasteiger charge is -2.06. The first kappa shape index (κ1) is 13.6. The van der Waals surface area contributed by atoms with Crippen molar-refractivity contribution in [3.05, 3.63) is 40.7 Å². The molecule has 92 valence electrons. The number of ether oxygens (including phenoxy) is 1. The topological polar surface area (TPSA) is 54.1 Å². The summed E-state index contributed by atoms with van der Waals surface area (Å²) in [5.74, 6) is -0.189. The molecule has 0 aliphatic heterocycles. The molecular formula is C12H16N2O2S. The predicted molar refractivity (Wildman–Crippen MR) is 69.6 cm³/mol. The van der Waals surface area contributed by atoms with E-state index < -0.39 is 0 Å². The van der Waals surface area contributed by atoms with E-state index in [9.17, 15) is 4.79 Å². The molecule has 0 fully saturated rings. The quantitative estimate of drug-likeness (QED) is 0.463. The monoisotopic (exact) mass is 252 g/mol. The molecule has 0 aliphatic carbocycles. The molecule has 1 amide bonds. The SMILES string of the molecule is C=C(C)COCCNC(=O)c1ccc[nH]c1=S. The molecule has 0 bridgehead atoms. The minimum Gasteiger partial charge on any atom is -0.375 e. The van der Waals surface area contributed by atoms with E-state index >= 15 is 0 Å². The highest BCUT2D eigenvalue weighted by Crippen LogP contribution is 1.98. The van der Waals surface area contributed by atoms with Crippen molar-refractivity contribution in [2.24, 2.45) is 0 Å². The number of amides is 1. The number of carbonyl (C=O) groups excluding carboxylic acids is 1. The van der Waals surface area contributed by atoms with E-state index in [-0.39, 0.29) is 5.91 Å². The molecule has 0 saturated heterocycles. The second kappa shape index (κ2) is 6.98. The Morgan fingerprint density at radius 2 is 2.41 bits per heavy atom. The van der Waals surface area contributed by atoms with Crippen LogP contribution in [0.1, 0.15) is 17.3 Å². The Bertz CT molecular complexity index is 454. The highest BCUT2D eigenvalue weighted by molar-refractivity contribution is 7.71. The molecular weight excluding hydrogens is 236 g/mol. The molecule has 5 heteroatoms. The lowest BCUT2D eigenvalue weighted by Crippen LogP contribution is -2.27. The van der Waals surface area contributed by atoms with E-state index in [0.29, 0.717) is 30.0 Å². The van der Waals surface area contributed by atoms with Crippen LogP contribution in [0.15, 0.2) is 30.5 Å². The molecule has 1 aromatic rings. The van der Waals surface area contributed by atoms with Crippen molar-refractivity contribution in [3.8, 4) is 0 Å². The van der Waals surface area contributed by atoms with E-state index in [1.54, 1.807) is 18.3 Å². The third kappa shape index (κ3) is 4.93. The average Bonchev–Trinajstić information content (AvgIpc) is 2.28. The van der Waals surface area contributed by atoms with Crippen molar-refractivity contribution in [2.75, 3.05) is 19.8 Å². The maximum Gasteiger partial charge on any atom is 0.254 e. The van der Waals surface area contributed by atoms with Crippen LogP contribution in [0.2, 0.25) is 0 Å². The summed E-state index contributed by atoms with van der Waals surface area (Å²) < 4.78 is 5.70. The number of hydrogen-bond donors (Lipinski definition) is 2. The number of nitrogens with one attached hydrogen (secondary N) is 2. The molecule has 1 heterocycles. The number of H-pyrrole nitrogens is 1. The summed E-state index contributed by atoms with van der Waals surface area (Å²) in [4.78, 5) is 14.5. The van der Waals surface area contributed by atoms with E-state index in [1.165, 1.54) is 0 Å². The minimum absolute atomic E-state index is 0.189. The molecule has 0 radical (unpaired) electrons. The van der Waals surface area contributed by atoms with Crippen LogP contribution in [0.3, 0.4) is 0 Å². The minimum atomic E-state index is -0.189. The van der Waals surface area contributed by atoms with Gasteiger partial charge in [-0.3, -0.25) is 4.79 Å². The van der Waals surface area contributed by atoms with Gasteiger partial charge in [0, 0.05) is 12.7 Å². The molecule has 0 unspecified atom stereocenters. The van der Waals surface area contributed by atoms with Crippen LogP contribution in [0.5, 0.6) is 0 Å². The third-order valence-corrected chi connectivity index (χ3v) is 2.28. The third-order valence-electron chi connectivity index (χ3n) is 1.94. The van der Waals surface area contributed by atoms with Gasteiger partial charge in [-0.25, -0.2) is 0 Å². The van der Waals surface area contributed by atoms with Crippen LogP contribution in [-0.2, 0) is 4.74 Å². The fraction of sp³-hybridized carbons (Fsp3) is 0.333. The van der Waals surface area contributed by atoms with Crippen molar-refractivity contribution >= 4 is 18.1 Å². The van der Waals surface area contributed by atoms with E-state index in [4.69, 9.17) is 17.0 Å². The van der Waals surface area contributed by atoms with Crippen molar-refractivity contribution in [2.45, 2.75) is 6.92 Å². The normalized spacial score (nSPS) is 9.94. The van der Waals surface area contributed by atoms with E-state index in [2.05, 4.69) is 16.9 Å². The van der Waals surface area contributed by atoms with Gasteiger partial charge in [-0.15, -0.1) is 0 Å². The van der Waals surface area contributed by atoms with Crippen LogP contribution in [-0.4, -0.2) is 30.6 Å². The predicted octanol–water partition coefficient (Wildman–Crippen LogP) is 2.07. The average molecular weight is 252 g/mol.